The standard InChI is InChI=1S/C4H2NOS.Re/c6-3-4-5-1-2-7-4;/h1,3H;/q-1;. The monoisotopic (exact) mass is 299 g/mol. The van der Waals surface area contributed by atoms with Gasteiger partial charge in [-0.2, -0.15) is 5.38 Å². The van der Waals surface area contributed by atoms with Crippen molar-refractivity contribution in [2.24, 2.45) is 0 Å². The van der Waals surface area contributed by atoms with Crippen LogP contribution in [0.1, 0.15) is 9.80 Å². The minimum atomic E-state index is 0. The zero-order valence-electron chi connectivity index (χ0n) is 3.80. The molecule has 1 heterocycles. The van der Waals surface area contributed by atoms with Crippen molar-refractivity contribution in [1.82, 2.24) is 4.98 Å². The molecular weight excluding hydrogens is 296 g/mol. The maximum Gasteiger partial charge on any atom is 0.0967 e. The fraction of sp³-hybridized carbons (Fsp3) is 0. The van der Waals surface area contributed by atoms with E-state index in [4.69, 9.17) is 0 Å². The first-order valence-corrected chi connectivity index (χ1v) is 2.52. The second kappa shape index (κ2) is 3.90. The minimum Gasteiger partial charge on any atom is -0.357 e. The molecule has 0 aliphatic rings. The fourth-order valence-corrected chi connectivity index (χ4v) is 0.637. The van der Waals surface area contributed by atoms with Crippen LogP contribution in [0.15, 0.2) is 6.20 Å². The van der Waals surface area contributed by atoms with Crippen molar-refractivity contribution >= 4 is 17.6 Å². The van der Waals surface area contributed by atoms with Gasteiger partial charge in [-0.05, 0) is 0 Å². The number of hydrogen-bond donors (Lipinski definition) is 0. The summed E-state index contributed by atoms with van der Waals surface area (Å²) in [4.78, 5) is 13.4. The van der Waals surface area contributed by atoms with E-state index in [1.165, 1.54) is 17.5 Å². The number of aldehydes is 1. The van der Waals surface area contributed by atoms with Crippen LogP contribution in [-0.2, 0) is 20.4 Å². The summed E-state index contributed by atoms with van der Waals surface area (Å²) in [5, 5.41) is 3.17. The van der Waals surface area contributed by atoms with Crippen molar-refractivity contribution < 1.29 is 25.2 Å². The fourth-order valence-electron chi connectivity index (χ4n) is 0.258. The SMILES string of the molecule is O=Cc1nc[c-]s1.[Re]. The van der Waals surface area contributed by atoms with E-state index in [0.29, 0.717) is 11.3 Å². The van der Waals surface area contributed by atoms with Crippen LogP contribution in [0, 0.1) is 5.38 Å². The number of hydrogen-bond acceptors (Lipinski definition) is 3. The Balaban J connectivity index is 0.000000490. The van der Waals surface area contributed by atoms with Gasteiger partial charge in [-0.1, -0.05) is 6.20 Å². The van der Waals surface area contributed by atoms with Crippen LogP contribution in [0.2, 0.25) is 0 Å². The third kappa shape index (κ3) is 1.83. The van der Waals surface area contributed by atoms with Gasteiger partial charge in [0.2, 0.25) is 0 Å². The van der Waals surface area contributed by atoms with E-state index < -0.39 is 0 Å². The Morgan fingerprint density at radius 1 is 1.88 bits per heavy atom. The second-order valence-corrected chi connectivity index (χ2v) is 1.79. The molecule has 4 heteroatoms. The Hall–Kier alpha value is -0.0377. The molecule has 8 heavy (non-hydrogen) atoms. The third-order valence-corrected chi connectivity index (χ3v) is 1.14. The summed E-state index contributed by atoms with van der Waals surface area (Å²) < 4.78 is 0. The number of nitrogens with zero attached hydrogens (tertiary/aromatic N) is 1. The van der Waals surface area contributed by atoms with Gasteiger partial charge in [0.15, 0.2) is 0 Å². The van der Waals surface area contributed by atoms with Crippen LogP contribution >= 0.6 is 11.3 Å². The molecule has 0 bridgehead atoms. The third-order valence-electron chi connectivity index (χ3n) is 0.509. The molecule has 0 amide bonds. The quantitative estimate of drug-likeness (QED) is 0.566. The topological polar surface area (TPSA) is 30.0 Å². The van der Waals surface area contributed by atoms with Crippen LogP contribution in [0.3, 0.4) is 0 Å². The van der Waals surface area contributed by atoms with Gasteiger partial charge < -0.3 is 21.1 Å². The summed E-state index contributed by atoms with van der Waals surface area (Å²) in [5.41, 5.74) is 0. The largest absolute Gasteiger partial charge is 0.357 e. The Labute approximate surface area is 64.6 Å². The van der Waals surface area contributed by atoms with Gasteiger partial charge in [-0.25, -0.2) is 0 Å². The summed E-state index contributed by atoms with van der Waals surface area (Å²) in [7, 11) is 0. The van der Waals surface area contributed by atoms with Gasteiger partial charge in [0.1, 0.15) is 0 Å². The van der Waals surface area contributed by atoms with Crippen molar-refractivity contribution in [1.29, 1.82) is 0 Å². The van der Waals surface area contributed by atoms with E-state index >= 15 is 0 Å². The maximum atomic E-state index is 9.80. The van der Waals surface area contributed by atoms with Gasteiger partial charge in [-0.3, -0.25) is 0 Å². The number of thiazole rings is 1. The van der Waals surface area contributed by atoms with Gasteiger partial charge in [0.25, 0.3) is 0 Å². The molecule has 0 saturated heterocycles. The van der Waals surface area contributed by atoms with E-state index in [9.17, 15) is 4.79 Å². The summed E-state index contributed by atoms with van der Waals surface area (Å²) in [5.74, 6) is 0. The molecular formula is C4H2NOReS-. The van der Waals surface area contributed by atoms with Gasteiger partial charge in [-0.15, -0.1) is 0 Å². The Bertz CT molecular complexity index is 151. The normalized spacial score (nSPS) is 7.50. The minimum absolute atomic E-state index is 0. The van der Waals surface area contributed by atoms with Crippen LogP contribution in [0.5, 0.6) is 0 Å². The molecule has 43 valence electrons. The maximum absolute atomic E-state index is 9.80. The Kier molecular flexibility index (Phi) is 3.89. The predicted octanol–water partition coefficient (Wildman–Crippen LogP) is 0.753. The first-order chi connectivity index (χ1) is 3.43. The van der Waals surface area contributed by atoms with Gasteiger partial charge in [0, 0.05) is 25.4 Å². The first kappa shape index (κ1) is 7.96. The number of aromatic nitrogens is 1. The second-order valence-electron chi connectivity index (χ2n) is 0.934. The molecule has 0 aromatic carbocycles. The van der Waals surface area contributed by atoms with E-state index in [-0.39, 0.29) is 20.4 Å². The molecule has 1 aromatic rings. The molecule has 1 aromatic heterocycles. The molecule has 1 rings (SSSR count). The van der Waals surface area contributed by atoms with Gasteiger partial charge >= 0.3 is 0 Å². The number of rotatable bonds is 1. The predicted molar refractivity (Wildman–Crippen MR) is 26.3 cm³/mol. The molecule has 0 aliphatic carbocycles. The number of carbonyl (C=O) groups excluding carboxylic acids is 1. The van der Waals surface area contributed by atoms with Crippen molar-refractivity contribution in [3.8, 4) is 0 Å². The van der Waals surface area contributed by atoms with E-state index in [0.717, 1.165) is 0 Å². The van der Waals surface area contributed by atoms with Gasteiger partial charge in [0.05, 0.1) is 6.29 Å². The first-order valence-electron chi connectivity index (χ1n) is 1.70. The molecule has 2 nitrogen and oxygen atoms in total. The summed E-state index contributed by atoms with van der Waals surface area (Å²) >= 11 is 1.22. The van der Waals surface area contributed by atoms with Crippen LogP contribution in [0.4, 0.5) is 0 Å². The summed E-state index contributed by atoms with van der Waals surface area (Å²) in [6.45, 7) is 0. The van der Waals surface area contributed by atoms with Crippen molar-refractivity contribution in [3.05, 3.63) is 16.6 Å². The summed E-state index contributed by atoms with van der Waals surface area (Å²) in [6, 6.07) is 0. The van der Waals surface area contributed by atoms with Crippen molar-refractivity contribution in [2.75, 3.05) is 0 Å². The van der Waals surface area contributed by atoms with E-state index in [1.54, 1.807) is 0 Å². The van der Waals surface area contributed by atoms with Crippen LogP contribution < -0.4 is 0 Å². The molecule has 0 saturated carbocycles. The van der Waals surface area contributed by atoms with E-state index in [1.807, 2.05) is 0 Å². The summed E-state index contributed by atoms with van der Waals surface area (Å²) in [6.07, 6.45) is 2.19. The average molecular weight is 298 g/mol. The zero-order chi connectivity index (χ0) is 5.11. The molecule has 0 unspecified atom stereocenters. The number of carbonyl (C=O) groups is 1. The van der Waals surface area contributed by atoms with Crippen LogP contribution in [-0.4, -0.2) is 11.3 Å². The Morgan fingerprint density at radius 2 is 2.62 bits per heavy atom. The molecule has 0 spiro atoms. The molecule has 0 fully saturated rings. The molecule has 0 aliphatic heterocycles. The van der Waals surface area contributed by atoms with Crippen LogP contribution in [0.25, 0.3) is 0 Å². The molecule has 0 atom stereocenters. The Morgan fingerprint density at radius 3 is 2.88 bits per heavy atom. The molecule has 0 N–H and O–H groups in total. The van der Waals surface area contributed by atoms with Crippen molar-refractivity contribution in [2.45, 2.75) is 0 Å². The average Bonchev–Trinajstić information content (AvgIpc) is 2.14. The van der Waals surface area contributed by atoms with Crippen molar-refractivity contribution in [3.63, 3.8) is 0 Å². The van der Waals surface area contributed by atoms with E-state index in [2.05, 4.69) is 10.4 Å². The zero-order valence-corrected chi connectivity index (χ0v) is 7.33. The smallest absolute Gasteiger partial charge is 0.0967 e. The molecule has 1 radical (unpaired) electrons.